The van der Waals surface area contributed by atoms with Crippen molar-refractivity contribution in [3.63, 3.8) is 0 Å². The van der Waals surface area contributed by atoms with Crippen molar-refractivity contribution in [3.05, 3.63) is 23.5 Å². The first-order chi connectivity index (χ1) is 13.0. The van der Waals surface area contributed by atoms with E-state index in [1.165, 1.54) is 30.6 Å². The summed E-state index contributed by atoms with van der Waals surface area (Å²) in [6.07, 6.45) is 12.6. The third-order valence-electron chi connectivity index (χ3n) is 7.77. The fourth-order valence-corrected chi connectivity index (χ4v) is 6.37. The third-order valence-corrected chi connectivity index (χ3v) is 7.77. The van der Waals surface area contributed by atoms with Crippen LogP contribution in [0.4, 0.5) is 0 Å². The number of hydrogen-bond acceptors (Lipinski definition) is 2. The standard InChI is InChI=1S/C21H30O2.2C2H6/c1-4-23-15-9-11-20(2)14(13-15)5-6-16-17-7-8-19(22)21(17,3)12-10-18(16)20;2*1-2/h5,13,16-18H,4,6-12H2,1-3H3;2*1-2H3. The molecule has 154 valence electrons. The second-order valence-corrected chi connectivity index (χ2v) is 8.65. The van der Waals surface area contributed by atoms with Crippen molar-refractivity contribution in [2.45, 2.75) is 93.4 Å². The van der Waals surface area contributed by atoms with Crippen LogP contribution in [0.3, 0.4) is 0 Å². The first-order valence-corrected chi connectivity index (χ1v) is 11.6. The van der Waals surface area contributed by atoms with E-state index in [9.17, 15) is 4.79 Å². The molecule has 5 unspecified atom stereocenters. The average molecular weight is 375 g/mol. The normalized spacial score (nSPS) is 39.2. The van der Waals surface area contributed by atoms with E-state index in [-0.39, 0.29) is 5.41 Å². The van der Waals surface area contributed by atoms with Crippen LogP contribution in [0.15, 0.2) is 23.5 Å². The number of carbonyl (C=O) groups excluding carboxylic acids is 1. The van der Waals surface area contributed by atoms with Gasteiger partial charge in [-0.3, -0.25) is 4.79 Å². The van der Waals surface area contributed by atoms with Gasteiger partial charge < -0.3 is 4.74 Å². The molecule has 5 atom stereocenters. The third kappa shape index (κ3) is 3.66. The van der Waals surface area contributed by atoms with Crippen molar-refractivity contribution < 1.29 is 9.53 Å². The quantitative estimate of drug-likeness (QED) is 0.515. The number of Topliss-reactive ketones (excluding diaryl/α,β-unsaturated/α-hetero) is 1. The Morgan fingerprint density at radius 1 is 1.00 bits per heavy atom. The van der Waals surface area contributed by atoms with Crippen molar-refractivity contribution in [1.82, 2.24) is 0 Å². The Labute approximate surface area is 167 Å². The minimum Gasteiger partial charge on any atom is -0.498 e. The fourth-order valence-electron chi connectivity index (χ4n) is 6.37. The van der Waals surface area contributed by atoms with Gasteiger partial charge in [-0.05, 0) is 73.8 Å². The number of hydrogen-bond donors (Lipinski definition) is 0. The number of carbonyl (C=O) groups is 1. The summed E-state index contributed by atoms with van der Waals surface area (Å²) in [4.78, 5) is 12.4. The minimum atomic E-state index is -0.0101. The Kier molecular flexibility index (Phi) is 7.39. The predicted octanol–water partition coefficient (Wildman–Crippen LogP) is 7.10. The first kappa shape index (κ1) is 22.2. The van der Waals surface area contributed by atoms with Crippen molar-refractivity contribution >= 4 is 5.78 Å². The van der Waals surface area contributed by atoms with Gasteiger partial charge in [-0.2, -0.15) is 0 Å². The SMILES string of the molecule is CC.CC.CCOC1=CC2=CCC3C4CCC(=O)C4(C)CCC3C2(C)CC1. The average Bonchev–Trinajstić information content (AvgIpc) is 3.00. The van der Waals surface area contributed by atoms with Crippen molar-refractivity contribution in [2.75, 3.05) is 6.61 Å². The fraction of sp³-hybridized carbons (Fsp3) is 0.800. The molecule has 2 fully saturated rings. The van der Waals surface area contributed by atoms with E-state index in [4.69, 9.17) is 4.74 Å². The molecule has 0 heterocycles. The number of fused-ring (bicyclic) bond motifs is 5. The van der Waals surface area contributed by atoms with Gasteiger partial charge in [-0.1, -0.05) is 47.6 Å². The molecule has 4 aliphatic rings. The highest BCUT2D eigenvalue weighted by atomic mass is 16.5. The van der Waals surface area contributed by atoms with Gasteiger partial charge in [0, 0.05) is 18.3 Å². The zero-order valence-corrected chi connectivity index (χ0v) is 18.9. The minimum absolute atomic E-state index is 0.0101. The van der Waals surface area contributed by atoms with E-state index in [0.29, 0.717) is 17.1 Å². The molecule has 0 aliphatic heterocycles. The maximum absolute atomic E-state index is 12.4. The van der Waals surface area contributed by atoms with E-state index < -0.39 is 0 Å². The van der Waals surface area contributed by atoms with E-state index in [0.717, 1.165) is 44.1 Å². The maximum atomic E-state index is 12.4. The zero-order valence-electron chi connectivity index (χ0n) is 18.9. The lowest BCUT2D eigenvalue weighted by molar-refractivity contribution is -0.131. The topological polar surface area (TPSA) is 26.3 Å². The Hall–Kier alpha value is -1.05. The van der Waals surface area contributed by atoms with Crippen molar-refractivity contribution in [3.8, 4) is 0 Å². The van der Waals surface area contributed by atoms with Crippen LogP contribution in [-0.4, -0.2) is 12.4 Å². The van der Waals surface area contributed by atoms with Gasteiger partial charge in [0.05, 0.1) is 12.4 Å². The molecular formula is C25H42O2. The van der Waals surface area contributed by atoms with E-state index in [2.05, 4.69) is 32.9 Å². The molecule has 0 radical (unpaired) electrons. The van der Waals surface area contributed by atoms with Crippen molar-refractivity contribution in [2.24, 2.45) is 28.6 Å². The Balaban J connectivity index is 0.000000614. The van der Waals surface area contributed by atoms with Gasteiger partial charge in [0.2, 0.25) is 0 Å². The molecule has 4 rings (SSSR count). The van der Waals surface area contributed by atoms with Gasteiger partial charge in [-0.25, -0.2) is 0 Å². The van der Waals surface area contributed by atoms with Gasteiger partial charge >= 0.3 is 0 Å². The van der Waals surface area contributed by atoms with Crippen LogP contribution >= 0.6 is 0 Å². The van der Waals surface area contributed by atoms with Gasteiger partial charge in [0.15, 0.2) is 0 Å². The molecule has 0 aromatic heterocycles. The molecule has 0 bridgehead atoms. The summed E-state index contributed by atoms with van der Waals surface area (Å²) in [5.74, 6) is 3.82. The van der Waals surface area contributed by atoms with E-state index in [1.54, 1.807) is 0 Å². The summed E-state index contributed by atoms with van der Waals surface area (Å²) in [6.45, 7) is 15.6. The molecular weight excluding hydrogens is 332 g/mol. The predicted molar refractivity (Wildman–Crippen MR) is 114 cm³/mol. The molecule has 0 spiro atoms. The first-order valence-electron chi connectivity index (χ1n) is 11.6. The summed E-state index contributed by atoms with van der Waals surface area (Å²) >= 11 is 0. The van der Waals surface area contributed by atoms with Crippen LogP contribution in [0.25, 0.3) is 0 Å². The summed E-state index contributed by atoms with van der Waals surface area (Å²) < 4.78 is 5.79. The van der Waals surface area contributed by atoms with Crippen LogP contribution in [0.1, 0.15) is 93.4 Å². The smallest absolute Gasteiger partial charge is 0.139 e. The summed E-state index contributed by atoms with van der Waals surface area (Å²) in [5.41, 5.74) is 1.81. The summed E-state index contributed by atoms with van der Waals surface area (Å²) in [6, 6.07) is 0. The highest BCUT2D eigenvalue weighted by molar-refractivity contribution is 5.87. The van der Waals surface area contributed by atoms with E-state index in [1.807, 2.05) is 27.7 Å². The van der Waals surface area contributed by atoms with Gasteiger partial charge in [0.1, 0.15) is 5.78 Å². The number of ether oxygens (including phenoxy) is 1. The lowest BCUT2D eigenvalue weighted by Crippen LogP contribution is -2.49. The summed E-state index contributed by atoms with van der Waals surface area (Å²) in [5, 5.41) is 0. The molecule has 2 nitrogen and oxygen atoms in total. The van der Waals surface area contributed by atoms with Crippen LogP contribution in [0.5, 0.6) is 0 Å². The molecule has 0 N–H and O–H groups in total. The molecule has 2 heteroatoms. The molecule has 0 amide bonds. The Morgan fingerprint density at radius 2 is 1.67 bits per heavy atom. The monoisotopic (exact) mass is 374 g/mol. The van der Waals surface area contributed by atoms with Gasteiger partial charge in [-0.15, -0.1) is 0 Å². The second-order valence-electron chi connectivity index (χ2n) is 8.65. The number of ketones is 1. The second kappa shape index (κ2) is 8.97. The molecule has 0 saturated heterocycles. The van der Waals surface area contributed by atoms with Gasteiger partial charge in [0.25, 0.3) is 0 Å². The lowest BCUT2D eigenvalue weighted by atomic mass is 9.49. The van der Waals surface area contributed by atoms with Crippen LogP contribution in [0, 0.1) is 28.6 Å². The number of allylic oxidation sites excluding steroid dienone is 4. The Bertz CT molecular complexity index is 587. The molecule has 27 heavy (non-hydrogen) atoms. The Morgan fingerprint density at radius 3 is 2.33 bits per heavy atom. The van der Waals surface area contributed by atoms with Crippen LogP contribution in [-0.2, 0) is 9.53 Å². The van der Waals surface area contributed by atoms with E-state index >= 15 is 0 Å². The molecule has 0 aromatic rings. The highest BCUT2D eigenvalue weighted by Crippen LogP contribution is 2.63. The molecule has 2 saturated carbocycles. The maximum Gasteiger partial charge on any atom is 0.139 e. The molecule has 4 aliphatic carbocycles. The van der Waals surface area contributed by atoms with Crippen molar-refractivity contribution in [1.29, 1.82) is 0 Å². The molecule has 0 aromatic carbocycles. The number of rotatable bonds is 2. The zero-order chi connectivity index (χ0) is 20.2. The van der Waals surface area contributed by atoms with Crippen LogP contribution < -0.4 is 0 Å². The van der Waals surface area contributed by atoms with Crippen LogP contribution in [0.2, 0.25) is 0 Å². The highest BCUT2D eigenvalue weighted by Gasteiger charge is 2.58. The summed E-state index contributed by atoms with van der Waals surface area (Å²) in [7, 11) is 0. The largest absolute Gasteiger partial charge is 0.498 e. The lowest BCUT2D eigenvalue weighted by Gasteiger charge is -2.55.